The minimum atomic E-state index is -0.390. The molecule has 1 aliphatic heterocycles. The van der Waals surface area contributed by atoms with Crippen LogP contribution in [-0.4, -0.2) is 41.6 Å². The lowest BCUT2D eigenvalue weighted by molar-refractivity contribution is 0.00879. The average Bonchev–Trinajstić information content (AvgIpc) is 2.41. The molecule has 1 aliphatic rings. The third-order valence-electron chi connectivity index (χ3n) is 2.85. The third kappa shape index (κ3) is 3.25. The Morgan fingerprint density at radius 3 is 3.00 bits per heavy atom. The van der Waals surface area contributed by atoms with E-state index in [1.807, 2.05) is 0 Å². The molecule has 4 nitrogen and oxygen atoms in total. The molecular weight excluding hydrogens is 352 g/mol. The first-order chi connectivity index (χ1) is 9.00. The number of benzene rings is 1. The zero-order chi connectivity index (χ0) is 14.0. The van der Waals surface area contributed by atoms with Crippen molar-refractivity contribution in [3.8, 4) is 0 Å². The topological polar surface area (TPSA) is 55.6 Å². The van der Waals surface area contributed by atoms with Gasteiger partial charge < -0.3 is 15.4 Å². The molecule has 1 aromatic carbocycles. The third-order valence-corrected chi connectivity index (χ3v) is 4.41. The van der Waals surface area contributed by atoms with E-state index in [2.05, 4.69) is 15.9 Å². The number of carbonyl (C=O) groups is 1. The molecule has 2 rings (SSSR count). The molecule has 1 saturated heterocycles. The van der Waals surface area contributed by atoms with E-state index < -0.39 is 6.10 Å². The average molecular weight is 364 g/mol. The number of amides is 1. The van der Waals surface area contributed by atoms with Gasteiger partial charge in [0.25, 0.3) is 5.91 Å². The van der Waals surface area contributed by atoms with Crippen LogP contribution in [0.4, 0.5) is 0 Å². The molecule has 0 aliphatic carbocycles. The predicted molar refractivity (Wildman–Crippen MR) is 81.6 cm³/mol. The molecule has 7 heteroatoms. The van der Waals surface area contributed by atoms with Gasteiger partial charge in [0.15, 0.2) is 0 Å². The monoisotopic (exact) mass is 362 g/mol. The maximum Gasteiger partial charge on any atom is 0.255 e. The van der Waals surface area contributed by atoms with E-state index in [1.54, 1.807) is 23.1 Å². The lowest BCUT2D eigenvalue weighted by atomic mass is 10.1. The summed E-state index contributed by atoms with van der Waals surface area (Å²) in [5.41, 5.74) is 6.02. The Bertz CT molecular complexity index is 526. The second kappa shape index (κ2) is 6.17. The molecule has 0 radical (unpaired) electrons. The van der Waals surface area contributed by atoms with Crippen LogP contribution in [0, 0.1) is 0 Å². The van der Waals surface area contributed by atoms with Crippen molar-refractivity contribution < 1.29 is 9.53 Å². The summed E-state index contributed by atoms with van der Waals surface area (Å²) in [5, 5.41) is 0.408. The maximum atomic E-state index is 12.4. The van der Waals surface area contributed by atoms with Crippen LogP contribution in [0.5, 0.6) is 0 Å². The van der Waals surface area contributed by atoms with Crippen LogP contribution in [0.25, 0.3) is 0 Å². The molecule has 0 aromatic heterocycles. The molecule has 1 atom stereocenters. The van der Waals surface area contributed by atoms with Crippen molar-refractivity contribution in [1.29, 1.82) is 0 Å². The van der Waals surface area contributed by atoms with Gasteiger partial charge >= 0.3 is 0 Å². The number of ether oxygens (including phenoxy) is 1. The van der Waals surface area contributed by atoms with Crippen LogP contribution in [-0.2, 0) is 4.74 Å². The Morgan fingerprint density at radius 2 is 2.32 bits per heavy atom. The van der Waals surface area contributed by atoms with Crippen molar-refractivity contribution in [2.45, 2.75) is 6.10 Å². The van der Waals surface area contributed by atoms with Gasteiger partial charge in [-0.05, 0) is 28.1 Å². The summed E-state index contributed by atoms with van der Waals surface area (Å²) in [6, 6.07) is 5.26. The highest BCUT2D eigenvalue weighted by Crippen LogP contribution is 2.27. The molecule has 2 N–H and O–H groups in total. The van der Waals surface area contributed by atoms with Gasteiger partial charge in [-0.1, -0.05) is 29.9 Å². The smallest absolute Gasteiger partial charge is 0.255 e. The van der Waals surface area contributed by atoms with Gasteiger partial charge in [0, 0.05) is 11.0 Å². The van der Waals surface area contributed by atoms with E-state index in [1.165, 1.54) is 0 Å². The van der Waals surface area contributed by atoms with Gasteiger partial charge in [-0.15, -0.1) is 0 Å². The van der Waals surface area contributed by atoms with E-state index in [-0.39, 0.29) is 10.9 Å². The van der Waals surface area contributed by atoms with E-state index in [4.69, 9.17) is 34.3 Å². The zero-order valence-corrected chi connectivity index (χ0v) is 13.1. The van der Waals surface area contributed by atoms with Crippen LogP contribution in [0.15, 0.2) is 22.7 Å². The molecule has 0 spiro atoms. The number of nitrogens with two attached hydrogens (primary N) is 1. The fourth-order valence-corrected chi connectivity index (χ4v) is 2.56. The molecule has 1 aromatic rings. The maximum absolute atomic E-state index is 12.4. The largest absolute Gasteiger partial charge is 0.391 e. The summed E-state index contributed by atoms with van der Waals surface area (Å²) in [5.74, 6) is -0.143. The summed E-state index contributed by atoms with van der Waals surface area (Å²) in [6.07, 6.45) is -0.390. The number of thiocarbonyl (C=S) groups is 1. The fourth-order valence-electron chi connectivity index (χ4n) is 1.85. The van der Waals surface area contributed by atoms with Gasteiger partial charge in [0.2, 0.25) is 0 Å². The van der Waals surface area contributed by atoms with Crippen molar-refractivity contribution in [1.82, 2.24) is 4.90 Å². The van der Waals surface area contributed by atoms with E-state index in [0.717, 1.165) is 0 Å². The minimum absolute atomic E-state index is 0.143. The zero-order valence-electron chi connectivity index (χ0n) is 9.94. The summed E-state index contributed by atoms with van der Waals surface area (Å²) in [6.45, 7) is 1.27. The van der Waals surface area contributed by atoms with Gasteiger partial charge in [0.1, 0.15) is 11.1 Å². The lowest BCUT2D eigenvalue weighted by Crippen LogP contribution is -2.50. The SMILES string of the molecule is NC(=S)C1CN(C(=O)c2cccc(Br)c2Cl)CCO1. The summed E-state index contributed by atoms with van der Waals surface area (Å²) < 4.78 is 6.10. The molecule has 0 bridgehead atoms. The molecule has 102 valence electrons. The molecule has 0 saturated carbocycles. The Hall–Kier alpha value is -0.690. The van der Waals surface area contributed by atoms with Crippen LogP contribution in [0.1, 0.15) is 10.4 Å². The van der Waals surface area contributed by atoms with E-state index in [9.17, 15) is 4.79 Å². The van der Waals surface area contributed by atoms with Crippen molar-refractivity contribution >= 4 is 50.6 Å². The number of hydrogen-bond donors (Lipinski definition) is 1. The first-order valence-corrected chi connectivity index (χ1v) is 7.23. The van der Waals surface area contributed by atoms with Crippen LogP contribution >= 0.6 is 39.7 Å². The number of hydrogen-bond acceptors (Lipinski definition) is 3. The first kappa shape index (κ1) is 14.7. The Balaban J connectivity index is 2.19. The molecule has 1 amide bonds. The fraction of sp³-hybridized carbons (Fsp3) is 0.333. The Kier molecular flexibility index (Phi) is 4.78. The molecule has 1 heterocycles. The minimum Gasteiger partial charge on any atom is -0.391 e. The summed E-state index contributed by atoms with van der Waals surface area (Å²) in [7, 11) is 0. The molecule has 1 unspecified atom stereocenters. The number of halogens is 2. The van der Waals surface area contributed by atoms with Crippen molar-refractivity contribution in [3.05, 3.63) is 33.3 Å². The van der Waals surface area contributed by atoms with Crippen LogP contribution < -0.4 is 5.73 Å². The Morgan fingerprint density at radius 1 is 1.58 bits per heavy atom. The number of carbonyl (C=O) groups excluding carboxylic acids is 1. The van der Waals surface area contributed by atoms with E-state index in [0.29, 0.717) is 34.8 Å². The van der Waals surface area contributed by atoms with Gasteiger partial charge in [-0.25, -0.2) is 0 Å². The standard InChI is InChI=1S/C12H12BrClN2O2S/c13-8-3-1-2-7(10(8)14)12(17)16-4-5-18-9(6-16)11(15)19/h1-3,9H,4-6H2,(H2,15,19). The van der Waals surface area contributed by atoms with Crippen LogP contribution in [0.2, 0.25) is 5.02 Å². The summed E-state index contributed by atoms with van der Waals surface area (Å²) >= 11 is 14.3. The number of morpholine rings is 1. The quantitative estimate of drug-likeness (QED) is 0.819. The number of rotatable bonds is 2. The second-order valence-corrected chi connectivity index (χ2v) is 5.82. The first-order valence-electron chi connectivity index (χ1n) is 5.65. The number of nitrogens with zero attached hydrogens (tertiary/aromatic N) is 1. The highest BCUT2D eigenvalue weighted by atomic mass is 79.9. The second-order valence-electron chi connectivity index (χ2n) is 4.11. The van der Waals surface area contributed by atoms with Crippen molar-refractivity contribution in [2.24, 2.45) is 5.73 Å². The van der Waals surface area contributed by atoms with E-state index >= 15 is 0 Å². The Labute approximate surface area is 130 Å². The van der Waals surface area contributed by atoms with Gasteiger partial charge in [-0.3, -0.25) is 4.79 Å². The predicted octanol–water partition coefficient (Wildman–Crippen LogP) is 2.23. The van der Waals surface area contributed by atoms with Gasteiger partial charge in [0.05, 0.1) is 23.7 Å². The normalized spacial score (nSPS) is 19.3. The summed E-state index contributed by atoms with van der Waals surface area (Å²) in [4.78, 5) is 14.3. The van der Waals surface area contributed by atoms with Gasteiger partial charge in [-0.2, -0.15) is 0 Å². The lowest BCUT2D eigenvalue weighted by Gasteiger charge is -2.32. The van der Waals surface area contributed by atoms with Crippen molar-refractivity contribution in [3.63, 3.8) is 0 Å². The molecule has 1 fully saturated rings. The highest BCUT2D eigenvalue weighted by Gasteiger charge is 2.27. The molecular formula is C12H12BrClN2O2S. The van der Waals surface area contributed by atoms with Crippen molar-refractivity contribution in [2.75, 3.05) is 19.7 Å². The highest BCUT2D eigenvalue weighted by molar-refractivity contribution is 9.10. The van der Waals surface area contributed by atoms with Crippen LogP contribution in [0.3, 0.4) is 0 Å². The molecule has 19 heavy (non-hydrogen) atoms.